The van der Waals surface area contributed by atoms with E-state index < -0.39 is 0 Å². The predicted octanol–water partition coefficient (Wildman–Crippen LogP) is 4.94. The molecule has 2 heteroatoms. The summed E-state index contributed by atoms with van der Waals surface area (Å²) < 4.78 is 4.33. The molecule has 0 aliphatic carbocycles. The van der Waals surface area contributed by atoms with Crippen LogP contribution in [-0.4, -0.2) is 4.68 Å². The van der Waals surface area contributed by atoms with E-state index in [2.05, 4.69) is 109 Å². The molecule has 0 amide bonds. The van der Waals surface area contributed by atoms with Crippen molar-refractivity contribution in [3.63, 3.8) is 0 Å². The first kappa shape index (κ1) is 15.4. The Morgan fingerprint density at radius 1 is 0.680 bits per heavy atom. The van der Waals surface area contributed by atoms with Gasteiger partial charge in [0.1, 0.15) is 5.69 Å². The number of benzene rings is 3. The summed E-state index contributed by atoms with van der Waals surface area (Å²) >= 11 is 0. The molecule has 0 atom stereocenters. The fourth-order valence-electron chi connectivity index (χ4n) is 3.26. The van der Waals surface area contributed by atoms with Crippen LogP contribution in [0.15, 0.2) is 91.3 Å². The van der Waals surface area contributed by atoms with Crippen LogP contribution in [0, 0.1) is 6.92 Å². The van der Waals surface area contributed by atoms with Crippen LogP contribution in [0.4, 0.5) is 0 Å². The van der Waals surface area contributed by atoms with Gasteiger partial charge in [0.2, 0.25) is 6.20 Å². The van der Waals surface area contributed by atoms with Gasteiger partial charge < -0.3 is 0 Å². The lowest BCUT2D eigenvalue weighted by Crippen LogP contribution is -2.37. The zero-order valence-corrected chi connectivity index (χ0v) is 14.6. The third kappa shape index (κ3) is 2.99. The smallest absolute Gasteiger partial charge is 0.128 e. The van der Waals surface area contributed by atoms with Gasteiger partial charge in [-0.2, -0.15) is 0 Å². The molecular formula is C23H21N2+. The number of aromatic nitrogens is 2. The second-order valence-electron chi connectivity index (χ2n) is 6.37. The van der Waals surface area contributed by atoms with E-state index in [0.29, 0.717) is 0 Å². The van der Waals surface area contributed by atoms with Crippen LogP contribution in [0.1, 0.15) is 5.56 Å². The third-order valence-corrected chi connectivity index (χ3v) is 4.59. The largest absolute Gasteiger partial charge is 0.203 e. The summed E-state index contributed by atoms with van der Waals surface area (Å²) in [7, 11) is 2.08. The van der Waals surface area contributed by atoms with Gasteiger partial charge in [0.05, 0.1) is 11.8 Å². The maximum absolute atomic E-state index is 2.26. The van der Waals surface area contributed by atoms with Gasteiger partial charge in [-0.25, -0.2) is 0 Å². The van der Waals surface area contributed by atoms with Crippen molar-refractivity contribution in [1.29, 1.82) is 0 Å². The first-order valence-electron chi connectivity index (χ1n) is 8.52. The highest BCUT2D eigenvalue weighted by atomic mass is 15.4. The Kier molecular flexibility index (Phi) is 3.95. The summed E-state index contributed by atoms with van der Waals surface area (Å²) in [5.41, 5.74) is 7.40. The Labute approximate surface area is 148 Å². The van der Waals surface area contributed by atoms with Gasteiger partial charge in [-0.15, -0.1) is 9.36 Å². The minimum absolute atomic E-state index is 1.20. The normalized spacial score (nSPS) is 10.8. The quantitative estimate of drug-likeness (QED) is 0.472. The Hall–Kier alpha value is -3.13. The number of hydrogen-bond acceptors (Lipinski definition) is 0. The van der Waals surface area contributed by atoms with Crippen LogP contribution in [0.25, 0.3) is 27.9 Å². The molecule has 1 aromatic heterocycles. The first-order valence-corrected chi connectivity index (χ1v) is 8.52. The van der Waals surface area contributed by atoms with Gasteiger partial charge >= 0.3 is 0 Å². The van der Waals surface area contributed by atoms with Gasteiger partial charge in [-0.3, -0.25) is 0 Å². The molecule has 0 saturated heterocycles. The van der Waals surface area contributed by atoms with Crippen molar-refractivity contribution in [2.75, 3.05) is 0 Å². The van der Waals surface area contributed by atoms with Gasteiger partial charge in [0, 0.05) is 0 Å². The fourth-order valence-corrected chi connectivity index (χ4v) is 3.26. The van der Waals surface area contributed by atoms with Crippen molar-refractivity contribution in [2.24, 2.45) is 7.05 Å². The highest BCUT2D eigenvalue weighted by Gasteiger charge is 2.14. The monoisotopic (exact) mass is 325 g/mol. The van der Waals surface area contributed by atoms with Crippen LogP contribution in [0.5, 0.6) is 0 Å². The SMILES string of the molecule is Cc1cc(-c2ccccc2)ccc1-n1cc(-c2ccccc2)c[n+]1C. The predicted molar refractivity (Wildman–Crippen MR) is 103 cm³/mol. The molecule has 4 rings (SSSR count). The molecule has 0 radical (unpaired) electrons. The van der Waals surface area contributed by atoms with E-state index in [1.165, 1.54) is 33.5 Å². The van der Waals surface area contributed by atoms with Crippen molar-refractivity contribution in [3.8, 4) is 27.9 Å². The molecule has 0 spiro atoms. The number of hydrogen-bond donors (Lipinski definition) is 0. The van der Waals surface area contributed by atoms with Gasteiger partial charge in [-0.1, -0.05) is 66.7 Å². The Balaban J connectivity index is 1.74. The molecule has 0 aliphatic heterocycles. The van der Waals surface area contributed by atoms with Crippen molar-refractivity contribution in [2.45, 2.75) is 6.92 Å². The molecule has 3 aromatic carbocycles. The van der Waals surface area contributed by atoms with Crippen LogP contribution in [0.3, 0.4) is 0 Å². The number of aryl methyl sites for hydroxylation is 2. The Bertz CT molecular complexity index is 999. The maximum Gasteiger partial charge on any atom is 0.203 e. The van der Waals surface area contributed by atoms with E-state index >= 15 is 0 Å². The van der Waals surface area contributed by atoms with E-state index in [4.69, 9.17) is 0 Å². The average molecular weight is 325 g/mol. The first-order chi connectivity index (χ1) is 12.2. The van der Waals surface area contributed by atoms with E-state index in [-0.39, 0.29) is 0 Å². The molecule has 2 nitrogen and oxygen atoms in total. The molecule has 0 fully saturated rings. The standard InChI is InChI=1S/C23H21N2/c1-18-15-21(19-9-5-3-6-10-19)13-14-23(18)25-17-22(16-24(25)2)20-11-7-4-8-12-20/h3-17H,1-2H3/q+1. The molecule has 0 N–H and O–H groups in total. The van der Waals surface area contributed by atoms with Crippen molar-refractivity contribution in [3.05, 3.63) is 96.8 Å². The highest BCUT2D eigenvalue weighted by molar-refractivity contribution is 5.67. The second-order valence-corrected chi connectivity index (χ2v) is 6.37. The molecule has 25 heavy (non-hydrogen) atoms. The third-order valence-electron chi connectivity index (χ3n) is 4.59. The fraction of sp³-hybridized carbons (Fsp3) is 0.0870. The molecule has 0 saturated carbocycles. The van der Waals surface area contributed by atoms with Crippen LogP contribution < -0.4 is 4.68 Å². The van der Waals surface area contributed by atoms with Gasteiger partial charge in [-0.05, 0) is 41.3 Å². The minimum Gasteiger partial charge on any atom is -0.128 e. The van der Waals surface area contributed by atoms with E-state index in [0.717, 1.165) is 0 Å². The van der Waals surface area contributed by atoms with Crippen molar-refractivity contribution < 1.29 is 4.68 Å². The molecule has 0 bridgehead atoms. The van der Waals surface area contributed by atoms with Crippen molar-refractivity contribution in [1.82, 2.24) is 4.68 Å². The lowest BCUT2D eigenvalue weighted by Gasteiger charge is -2.08. The molecular weight excluding hydrogens is 304 g/mol. The van der Waals surface area contributed by atoms with Gasteiger partial charge in [0.15, 0.2) is 7.05 Å². The summed E-state index contributed by atoms with van der Waals surface area (Å²) in [6, 6.07) is 27.7. The van der Waals surface area contributed by atoms with E-state index in [1.807, 2.05) is 6.07 Å². The summed E-state index contributed by atoms with van der Waals surface area (Å²) in [5, 5.41) is 0. The topological polar surface area (TPSA) is 8.81 Å². The number of nitrogens with zero attached hydrogens (tertiary/aromatic N) is 2. The number of rotatable bonds is 3. The second kappa shape index (κ2) is 6.40. The van der Waals surface area contributed by atoms with Gasteiger partial charge in [0.25, 0.3) is 0 Å². The molecule has 4 aromatic rings. The Morgan fingerprint density at radius 3 is 1.88 bits per heavy atom. The molecule has 1 heterocycles. The summed E-state index contributed by atoms with van der Waals surface area (Å²) in [4.78, 5) is 0. The summed E-state index contributed by atoms with van der Waals surface area (Å²) in [6.07, 6.45) is 4.36. The highest BCUT2D eigenvalue weighted by Crippen LogP contribution is 2.25. The summed E-state index contributed by atoms with van der Waals surface area (Å²) in [5.74, 6) is 0. The lowest BCUT2D eigenvalue weighted by atomic mass is 10.0. The van der Waals surface area contributed by atoms with Crippen molar-refractivity contribution >= 4 is 0 Å². The Morgan fingerprint density at radius 2 is 1.28 bits per heavy atom. The van der Waals surface area contributed by atoms with Crippen LogP contribution in [-0.2, 0) is 7.05 Å². The summed E-state index contributed by atoms with van der Waals surface area (Å²) in [6.45, 7) is 2.17. The molecule has 0 unspecified atom stereocenters. The zero-order chi connectivity index (χ0) is 17.2. The van der Waals surface area contributed by atoms with Crippen LogP contribution in [0.2, 0.25) is 0 Å². The lowest BCUT2D eigenvalue weighted by molar-refractivity contribution is -0.744. The molecule has 0 aliphatic rings. The van der Waals surface area contributed by atoms with Crippen LogP contribution >= 0.6 is 0 Å². The zero-order valence-electron chi connectivity index (χ0n) is 14.6. The molecule has 122 valence electrons. The van der Waals surface area contributed by atoms with E-state index in [1.54, 1.807) is 0 Å². The maximum atomic E-state index is 2.26. The average Bonchev–Trinajstić information content (AvgIpc) is 3.05. The van der Waals surface area contributed by atoms with E-state index in [9.17, 15) is 0 Å². The minimum atomic E-state index is 1.20.